The van der Waals surface area contributed by atoms with Crippen LogP contribution in [0, 0.1) is 11.6 Å². The van der Waals surface area contributed by atoms with Gasteiger partial charge in [0.15, 0.2) is 4.90 Å². The van der Waals surface area contributed by atoms with Gasteiger partial charge in [-0.15, -0.1) is 0 Å². The molecule has 0 aliphatic heterocycles. The molecule has 0 unspecified atom stereocenters. The lowest BCUT2D eigenvalue weighted by atomic mass is 10.3. The van der Waals surface area contributed by atoms with E-state index in [0.717, 1.165) is 18.2 Å². The molecule has 0 saturated carbocycles. The fourth-order valence-corrected chi connectivity index (χ4v) is 2.75. The van der Waals surface area contributed by atoms with E-state index in [-0.39, 0.29) is 11.7 Å². The van der Waals surface area contributed by atoms with Gasteiger partial charge in [-0.1, -0.05) is 6.07 Å². The van der Waals surface area contributed by atoms with Gasteiger partial charge in [-0.25, -0.2) is 8.78 Å². The largest absolute Gasteiger partial charge is 0.379 e. The molecule has 0 aliphatic rings. The molecular formula is C14H11F2NO4S. The number of halogens is 2. The summed E-state index contributed by atoms with van der Waals surface area (Å²) in [7, 11) is -4.65. The molecule has 5 nitrogen and oxygen atoms in total. The Morgan fingerprint density at radius 3 is 2.09 bits per heavy atom. The minimum Gasteiger partial charge on any atom is -0.379 e. The molecule has 2 aromatic rings. The highest BCUT2D eigenvalue weighted by Crippen LogP contribution is 2.24. The Balaban J connectivity index is 2.27. The molecule has 116 valence electrons. The summed E-state index contributed by atoms with van der Waals surface area (Å²) in [6.07, 6.45) is 0. The van der Waals surface area contributed by atoms with Gasteiger partial charge in [0.05, 0.1) is 0 Å². The van der Waals surface area contributed by atoms with Crippen LogP contribution in [0.4, 0.5) is 14.5 Å². The summed E-state index contributed by atoms with van der Waals surface area (Å²) in [4.78, 5) is 9.71. The van der Waals surface area contributed by atoms with Crippen LogP contribution in [-0.4, -0.2) is 14.3 Å². The highest BCUT2D eigenvalue weighted by molar-refractivity contribution is 7.87. The van der Waals surface area contributed by atoms with Crippen LogP contribution in [0.1, 0.15) is 6.92 Å². The van der Waals surface area contributed by atoms with Crippen molar-refractivity contribution in [3.8, 4) is 5.75 Å². The summed E-state index contributed by atoms with van der Waals surface area (Å²) < 4.78 is 55.6. The van der Waals surface area contributed by atoms with Crippen molar-refractivity contribution < 1.29 is 26.2 Å². The van der Waals surface area contributed by atoms with Crippen LogP contribution in [0.25, 0.3) is 0 Å². The quantitative estimate of drug-likeness (QED) is 0.876. The Morgan fingerprint density at radius 2 is 1.59 bits per heavy atom. The van der Waals surface area contributed by atoms with Crippen LogP contribution in [0.5, 0.6) is 5.75 Å². The van der Waals surface area contributed by atoms with Gasteiger partial charge in [0, 0.05) is 12.6 Å². The Bertz CT molecular complexity index is 784. The van der Waals surface area contributed by atoms with E-state index in [1.54, 1.807) is 0 Å². The molecule has 0 fully saturated rings. The Labute approximate surface area is 125 Å². The standard InChI is InChI=1S/C14H11F2NO4S/c1-9(18)17-10-5-7-11(8-6-10)21-22(19,20)14-12(15)3-2-4-13(14)16/h2-8H,1H3,(H,17,18). The van der Waals surface area contributed by atoms with Gasteiger partial charge in [0.25, 0.3) is 0 Å². The molecule has 2 aromatic carbocycles. The number of hydrogen-bond donors (Lipinski definition) is 1. The third-order valence-electron chi connectivity index (χ3n) is 2.55. The van der Waals surface area contributed by atoms with Crippen LogP contribution < -0.4 is 9.50 Å². The third kappa shape index (κ3) is 3.59. The topological polar surface area (TPSA) is 72.5 Å². The van der Waals surface area contributed by atoms with Crippen molar-refractivity contribution in [3.63, 3.8) is 0 Å². The molecule has 1 N–H and O–H groups in total. The van der Waals surface area contributed by atoms with Crippen molar-refractivity contribution in [2.75, 3.05) is 5.32 Å². The average Bonchev–Trinajstić information content (AvgIpc) is 2.39. The number of benzene rings is 2. The number of carbonyl (C=O) groups is 1. The summed E-state index contributed by atoms with van der Waals surface area (Å²) in [6.45, 7) is 1.32. The van der Waals surface area contributed by atoms with Crippen molar-refractivity contribution in [1.29, 1.82) is 0 Å². The minimum atomic E-state index is -4.65. The number of amides is 1. The van der Waals surface area contributed by atoms with Crippen molar-refractivity contribution >= 4 is 21.7 Å². The molecule has 22 heavy (non-hydrogen) atoms. The van der Waals surface area contributed by atoms with Gasteiger partial charge in [0.1, 0.15) is 17.4 Å². The first kappa shape index (κ1) is 15.9. The van der Waals surface area contributed by atoms with E-state index in [2.05, 4.69) is 9.50 Å². The number of nitrogens with one attached hydrogen (secondary N) is 1. The molecule has 0 aromatic heterocycles. The van der Waals surface area contributed by atoms with Gasteiger partial charge in [-0.2, -0.15) is 8.42 Å². The van der Waals surface area contributed by atoms with Gasteiger partial charge in [0.2, 0.25) is 5.91 Å². The van der Waals surface area contributed by atoms with Crippen LogP contribution in [0.2, 0.25) is 0 Å². The lowest BCUT2D eigenvalue weighted by Gasteiger charge is -2.09. The Kier molecular flexibility index (Phi) is 4.41. The summed E-state index contributed by atoms with van der Waals surface area (Å²) in [6, 6.07) is 7.97. The molecular weight excluding hydrogens is 316 g/mol. The lowest BCUT2D eigenvalue weighted by molar-refractivity contribution is -0.114. The first-order chi connectivity index (χ1) is 10.3. The maximum atomic E-state index is 13.5. The van der Waals surface area contributed by atoms with E-state index in [4.69, 9.17) is 0 Å². The normalized spacial score (nSPS) is 11.0. The Morgan fingerprint density at radius 1 is 1.05 bits per heavy atom. The van der Waals surface area contributed by atoms with Crippen LogP contribution in [-0.2, 0) is 14.9 Å². The maximum Gasteiger partial charge on any atom is 0.345 e. The molecule has 2 rings (SSSR count). The minimum absolute atomic E-state index is 0.142. The maximum absolute atomic E-state index is 13.5. The number of hydrogen-bond acceptors (Lipinski definition) is 4. The van der Waals surface area contributed by atoms with Crippen molar-refractivity contribution in [1.82, 2.24) is 0 Å². The lowest BCUT2D eigenvalue weighted by Crippen LogP contribution is -2.14. The molecule has 0 spiro atoms. The number of carbonyl (C=O) groups excluding carboxylic acids is 1. The van der Waals surface area contributed by atoms with Crippen LogP contribution >= 0.6 is 0 Å². The molecule has 0 heterocycles. The average molecular weight is 327 g/mol. The fourth-order valence-electron chi connectivity index (χ4n) is 1.69. The summed E-state index contributed by atoms with van der Waals surface area (Å²) in [5, 5.41) is 2.48. The zero-order valence-electron chi connectivity index (χ0n) is 11.3. The molecule has 1 amide bonds. The van der Waals surface area contributed by atoms with E-state index in [1.807, 2.05) is 0 Å². The summed E-state index contributed by atoms with van der Waals surface area (Å²) in [5.41, 5.74) is 0.425. The summed E-state index contributed by atoms with van der Waals surface area (Å²) >= 11 is 0. The highest BCUT2D eigenvalue weighted by atomic mass is 32.2. The predicted molar refractivity (Wildman–Crippen MR) is 74.9 cm³/mol. The van der Waals surface area contributed by atoms with E-state index in [1.165, 1.54) is 31.2 Å². The van der Waals surface area contributed by atoms with Gasteiger partial charge in [-0.3, -0.25) is 4.79 Å². The van der Waals surface area contributed by atoms with Crippen LogP contribution in [0.15, 0.2) is 47.4 Å². The number of rotatable bonds is 4. The fraction of sp³-hybridized carbons (Fsp3) is 0.0714. The van der Waals surface area contributed by atoms with Crippen molar-refractivity contribution in [3.05, 3.63) is 54.1 Å². The van der Waals surface area contributed by atoms with Gasteiger partial charge in [-0.05, 0) is 36.4 Å². The van der Waals surface area contributed by atoms with Gasteiger partial charge >= 0.3 is 10.1 Å². The van der Waals surface area contributed by atoms with E-state index in [0.29, 0.717) is 5.69 Å². The second kappa shape index (κ2) is 6.10. The third-order valence-corrected chi connectivity index (χ3v) is 3.85. The molecule has 0 saturated heterocycles. The highest BCUT2D eigenvalue weighted by Gasteiger charge is 2.25. The second-order valence-corrected chi connectivity index (χ2v) is 5.78. The Hall–Kier alpha value is -2.48. The molecule has 8 heteroatoms. The summed E-state index contributed by atoms with van der Waals surface area (Å²) in [5.74, 6) is -2.92. The van der Waals surface area contributed by atoms with Crippen molar-refractivity contribution in [2.24, 2.45) is 0 Å². The first-order valence-corrected chi connectivity index (χ1v) is 7.46. The van der Waals surface area contributed by atoms with E-state index in [9.17, 15) is 22.0 Å². The molecule has 0 bridgehead atoms. The van der Waals surface area contributed by atoms with Gasteiger partial charge < -0.3 is 9.50 Å². The first-order valence-electron chi connectivity index (χ1n) is 6.06. The van der Waals surface area contributed by atoms with E-state index >= 15 is 0 Å². The van der Waals surface area contributed by atoms with Crippen molar-refractivity contribution in [2.45, 2.75) is 11.8 Å². The molecule has 0 atom stereocenters. The predicted octanol–water partition coefficient (Wildman–Crippen LogP) is 2.69. The number of anilines is 1. The second-order valence-electron chi connectivity index (χ2n) is 4.29. The SMILES string of the molecule is CC(=O)Nc1ccc(OS(=O)(=O)c2c(F)cccc2F)cc1. The zero-order valence-corrected chi connectivity index (χ0v) is 12.2. The monoisotopic (exact) mass is 327 g/mol. The van der Waals surface area contributed by atoms with Crippen LogP contribution in [0.3, 0.4) is 0 Å². The smallest absolute Gasteiger partial charge is 0.345 e. The molecule has 0 radical (unpaired) electrons. The zero-order chi connectivity index (χ0) is 16.3. The molecule has 0 aliphatic carbocycles. The van der Waals surface area contributed by atoms with E-state index < -0.39 is 26.6 Å².